The van der Waals surface area contributed by atoms with Crippen LogP contribution in [0.4, 0.5) is 0 Å². The molecular weight excluding hydrogens is 252 g/mol. The van der Waals surface area contributed by atoms with Crippen molar-refractivity contribution in [3.63, 3.8) is 0 Å². The van der Waals surface area contributed by atoms with Gasteiger partial charge < -0.3 is 9.47 Å². The maximum atomic E-state index is 11.7. The van der Waals surface area contributed by atoms with Crippen molar-refractivity contribution < 1.29 is 28.7 Å². The SMILES string of the molecule is CC1=C(C2CC(=O)OC2=O)CCC2C(=O)OC(=O)C12. The van der Waals surface area contributed by atoms with Crippen LogP contribution in [0.25, 0.3) is 0 Å². The van der Waals surface area contributed by atoms with Crippen LogP contribution in [0.15, 0.2) is 11.1 Å². The van der Waals surface area contributed by atoms with Gasteiger partial charge in [0.1, 0.15) is 0 Å². The average Bonchev–Trinajstić information content (AvgIpc) is 2.81. The lowest BCUT2D eigenvalue weighted by atomic mass is 9.73. The van der Waals surface area contributed by atoms with Crippen molar-refractivity contribution in [1.29, 1.82) is 0 Å². The third-order valence-corrected chi connectivity index (χ3v) is 4.15. The Morgan fingerprint density at radius 3 is 2.37 bits per heavy atom. The predicted molar refractivity (Wildman–Crippen MR) is 59.2 cm³/mol. The third-order valence-electron chi connectivity index (χ3n) is 4.15. The molecule has 0 saturated carbocycles. The zero-order chi connectivity index (χ0) is 13.7. The van der Waals surface area contributed by atoms with E-state index in [9.17, 15) is 19.2 Å². The van der Waals surface area contributed by atoms with Crippen molar-refractivity contribution in [2.75, 3.05) is 0 Å². The van der Waals surface area contributed by atoms with Crippen molar-refractivity contribution in [3.8, 4) is 0 Å². The first-order valence-corrected chi connectivity index (χ1v) is 6.18. The van der Waals surface area contributed by atoms with Gasteiger partial charge in [0.15, 0.2) is 0 Å². The Kier molecular flexibility index (Phi) is 2.55. The second-order valence-electron chi connectivity index (χ2n) is 5.12. The molecule has 3 aliphatic rings. The Morgan fingerprint density at radius 1 is 1.00 bits per heavy atom. The average molecular weight is 264 g/mol. The monoisotopic (exact) mass is 264 g/mol. The summed E-state index contributed by atoms with van der Waals surface area (Å²) in [7, 11) is 0. The maximum Gasteiger partial charge on any atom is 0.321 e. The van der Waals surface area contributed by atoms with Crippen molar-refractivity contribution in [3.05, 3.63) is 11.1 Å². The van der Waals surface area contributed by atoms with Crippen LogP contribution in [0.3, 0.4) is 0 Å². The van der Waals surface area contributed by atoms with Gasteiger partial charge in [0.2, 0.25) is 0 Å². The molecule has 0 aromatic carbocycles. The van der Waals surface area contributed by atoms with Crippen LogP contribution in [0.1, 0.15) is 26.2 Å². The molecular formula is C13H12O6. The Morgan fingerprint density at radius 2 is 1.74 bits per heavy atom. The van der Waals surface area contributed by atoms with Crippen molar-refractivity contribution >= 4 is 23.9 Å². The second kappa shape index (κ2) is 4.01. The normalized spacial score (nSPS) is 34.5. The molecule has 0 aromatic heterocycles. The van der Waals surface area contributed by atoms with Gasteiger partial charge in [-0.1, -0.05) is 11.1 Å². The summed E-state index contributed by atoms with van der Waals surface area (Å²) >= 11 is 0. The van der Waals surface area contributed by atoms with E-state index < -0.39 is 41.6 Å². The fourth-order valence-corrected chi connectivity index (χ4v) is 3.20. The summed E-state index contributed by atoms with van der Waals surface area (Å²) in [4.78, 5) is 45.9. The number of esters is 4. The molecule has 2 fully saturated rings. The summed E-state index contributed by atoms with van der Waals surface area (Å²) in [5, 5.41) is 0. The number of hydrogen-bond acceptors (Lipinski definition) is 6. The summed E-state index contributed by atoms with van der Waals surface area (Å²) < 4.78 is 9.18. The van der Waals surface area contributed by atoms with E-state index in [1.54, 1.807) is 6.92 Å². The van der Waals surface area contributed by atoms with Crippen LogP contribution in [0.2, 0.25) is 0 Å². The maximum absolute atomic E-state index is 11.7. The van der Waals surface area contributed by atoms with Gasteiger partial charge in [-0.15, -0.1) is 0 Å². The zero-order valence-electron chi connectivity index (χ0n) is 10.3. The fraction of sp³-hybridized carbons (Fsp3) is 0.538. The van der Waals surface area contributed by atoms with Crippen LogP contribution >= 0.6 is 0 Å². The van der Waals surface area contributed by atoms with Gasteiger partial charge in [-0.3, -0.25) is 19.2 Å². The molecule has 0 radical (unpaired) electrons. The molecule has 1 aliphatic carbocycles. The highest BCUT2D eigenvalue weighted by Crippen LogP contribution is 2.44. The molecule has 100 valence electrons. The van der Waals surface area contributed by atoms with Gasteiger partial charge in [0.25, 0.3) is 0 Å². The molecule has 0 aromatic rings. The van der Waals surface area contributed by atoms with E-state index in [0.717, 1.165) is 5.57 Å². The van der Waals surface area contributed by atoms with Crippen LogP contribution in [0.5, 0.6) is 0 Å². The molecule has 0 spiro atoms. The van der Waals surface area contributed by atoms with E-state index in [0.29, 0.717) is 18.4 Å². The number of rotatable bonds is 1. The number of carbonyl (C=O) groups is 4. The minimum Gasteiger partial charge on any atom is -0.393 e. The third kappa shape index (κ3) is 1.70. The summed E-state index contributed by atoms with van der Waals surface area (Å²) in [6.07, 6.45) is 1.01. The summed E-state index contributed by atoms with van der Waals surface area (Å²) in [6.45, 7) is 1.72. The van der Waals surface area contributed by atoms with Crippen LogP contribution in [0, 0.1) is 17.8 Å². The quantitative estimate of drug-likeness (QED) is 0.389. The van der Waals surface area contributed by atoms with Gasteiger partial charge in [-0.05, 0) is 19.8 Å². The lowest BCUT2D eigenvalue weighted by Gasteiger charge is -2.26. The molecule has 3 rings (SSSR count). The summed E-state index contributed by atoms with van der Waals surface area (Å²) in [5.41, 5.74) is 1.44. The highest BCUT2D eigenvalue weighted by atomic mass is 16.6. The molecule has 6 nitrogen and oxygen atoms in total. The molecule has 6 heteroatoms. The van der Waals surface area contributed by atoms with E-state index in [-0.39, 0.29) is 6.42 Å². The largest absolute Gasteiger partial charge is 0.393 e. The van der Waals surface area contributed by atoms with E-state index >= 15 is 0 Å². The van der Waals surface area contributed by atoms with Crippen LogP contribution < -0.4 is 0 Å². The standard InChI is InChI=1S/C13H12O6/c1-5-6(8-4-9(14)18-12(8)16)2-3-7-10(5)13(17)19-11(7)15/h7-8,10H,2-4H2,1H3. The molecule has 2 saturated heterocycles. The molecule has 3 unspecified atom stereocenters. The summed E-state index contributed by atoms with van der Waals surface area (Å²) in [5.74, 6) is -3.78. The van der Waals surface area contributed by atoms with Crippen molar-refractivity contribution in [1.82, 2.24) is 0 Å². The molecule has 2 aliphatic heterocycles. The fourth-order valence-electron chi connectivity index (χ4n) is 3.20. The number of fused-ring (bicyclic) bond motifs is 1. The second-order valence-corrected chi connectivity index (χ2v) is 5.12. The number of ether oxygens (including phenoxy) is 2. The van der Waals surface area contributed by atoms with E-state index in [1.807, 2.05) is 0 Å². The van der Waals surface area contributed by atoms with Crippen molar-refractivity contribution in [2.24, 2.45) is 17.8 Å². The minimum atomic E-state index is -0.600. The molecule has 2 heterocycles. The minimum absolute atomic E-state index is 0.0197. The number of carbonyl (C=O) groups excluding carboxylic acids is 4. The molecule has 0 amide bonds. The number of cyclic esters (lactones) is 4. The molecule has 0 N–H and O–H groups in total. The summed E-state index contributed by atoms with van der Waals surface area (Å²) in [6, 6.07) is 0. The van der Waals surface area contributed by atoms with Gasteiger partial charge in [-0.25, -0.2) is 0 Å². The highest BCUT2D eigenvalue weighted by molar-refractivity contribution is 6.00. The zero-order valence-corrected chi connectivity index (χ0v) is 10.3. The predicted octanol–water partition coefficient (Wildman–Crippen LogP) is 0.502. The van der Waals surface area contributed by atoms with E-state index in [1.165, 1.54) is 0 Å². The number of hydrogen-bond donors (Lipinski definition) is 0. The topological polar surface area (TPSA) is 86.7 Å². The Bertz CT molecular complexity index is 543. The van der Waals surface area contributed by atoms with Crippen molar-refractivity contribution in [2.45, 2.75) is 26.2 Å². The molecule has 19 heavy (non-hydrogen) atoms. The smallest absolute Gasteiger partial charge is 0.321 e. The van der Waals surface area contributed by atoms with Gasteiger partial charge in [-0.2, -0.15) is 0 Å². The Balaban J connectivity index is 1.97. The first kappa shape index (κ1) is 12.1. The Labute approximate surface area is 108 Å². The Hall–Kier alpha value is -1.98. The van der Waals surface area contributed by atoms with E-state index in [4.69, 9.17) is 0 Å². The lowest BCUT2D eigenvalue weighted by molar-refractivity contribution is -0.155. The molecule has 3 atom stereocenters. The van der Waals surface area contributed by atoms with Gasteiger partial charge >= 0.3 is 23.9 Å². The molecule has 0 bridgehead atoms. The first-order valence-electron chi connectivity index (χ1n) is 6.18. The van der Waals surface area contributed by atoms with Gasteiger partial charge in [0, 0.05) is 0 Å². The van der Waals surface area contributed by atoms with Crippen LogP contribution in [-0.4, -0.2) is 23.9 Å². The lowest BCUT2D eigenvalue weighted by Crippen LogP contribution is -2.27. The highest BCUT2D eigenvalue weighted by Gasteiger charge is 2.50. The first-order chi connectivity index (χ1) is 8.99. The van der Waals surface area contributed by atoms with E-state index in [2.05, 4.69) is 9.47 Å². The van der Waals surface area contributed by atoms with Gasteiger partial charge in [0.05, 0.1) is 24.2 Å². The van der Waals surface area contributed by atoms with Crippen LogP contribution in [-0.2, 0) is 28.7 Å².